The smallest absolute Gasteiger partial charge is 0.131 e. The third-order valence-corrected chi connectivity index (χ3v) is 2.54. The Labute approximate surface area is 96.3 Å². The summed E-state index contributed by atoms with van der Waals surface area (Å²) in [5.74, 6) is 1.78. The zero-order valence-electron chi connectivity index (χ0n) is 10.1. The molecule has 0 saturated carbocycles. The maximum Gasteiger partial charge on any atom is 0.131 e. The average molecular weight is 224 g/mol. The highest BCUT2D eigenvalue weighted by molar-refractivity contribution is 5.46. The minimum Gasteiger partial charge on any atom is -0.396 e. The van der Waals surface area contributed by atoms with E-state index in [1.807, 2.05) is 26.8 Å². The SMILES string of the molecule is CCNc1cc(NC(C)C(C)CO)ncn1. The molecule has 90 valence electrons. The lowest BCUT2D eigenvalue weighted by Crippen LogP contribution is -2.26. The van der Waals surface area contributed by atoms with E-state index in [4.69, 9.17) is 5.11 Å². The van der Waals surface area contributed by atoms with Crippen LogP contribution in [0.2, 0.25) is 0 Å². The molecule has 5 nitrogen and oxygen atoms in total. The highest BCUT2D eigenvalue weighted by Crippen LogP contribution is 2.12. The van der Waals surface area contributed by atoms with Gasteiger partial charge in [-0.2, -0.15) is 0 Å². The van der Waals surface area contributed by atoms with Crippen LogP contribution >= 0.6 is 0 Å². The number of nitrogens with one attached hydrogen (secondary N) is 2. The van der Waals surface area contributed by atoms with Gasteiger partial charge in [0.15, 0.2) is 0 Å². The Morgan fingerprint density at radius 3 is 2.62 bits per heavy atom. The van der Waals surface area contributed by atoms with E-state index in [-0.39, 0.29) is 18.6 Å². The van der Waals surface area contributed by atoms with Gasteiger partial charge in [-0.1, -0.05) is 6.92 Å². The van der Waals surface area contributed by atoms with Crippen LogP contribution in [0.1, 0.15) is 20.8 Å². The van der Waals surface area contributed by atoms with Crippen molar-refractivity contribution >= 4 is 11.6 Å². The van der Waals surface area contributed by atoms with Crippen LogP contribution in [0.4, 0.5) is 11.6 Å². The number of anilines is 2. The fourth-order valence-electron chi connectivity index (χ4n) is 1.25. The average Bonchev–Trinajstić information content (AvgIpc) is 2.29. The molecule has 0 aliphatic rings. The van der Waals surface area contributed by atoms with Crippen molar-refractivity contribution in [1.82, 2.24) is 9.97 Å². The van der Waals surface area contributed by atoms with Gasteiger partial charge in [-0.15, -0.1) is 0 Å². The van der Waals surface area contributed by atoms with Crippen LogP contribution in [0.15, 0.2) is 12.4 Å². The first-order valence-corrected chi connectivity index (χ1v) is 5.60. The molecule has 1 rings (SSSR count). The number of hydrogen-bond donors (Lipinski definition) is 3. The van der Waals surface area contributed by atoms with Crippen LogP contribution in [0.5, 0.6) is 0 Å². The first-order chi connectivity index (χ1) is 7.67. The molecule has 1 aromatic rings. The molecular weight excluding hydrogens is 204 g/mol. The molecule has 0 aromatic carbocycles. The highest BCUT2D eigenvalue weighted by atomic mass is 16.3. The third kappa shape index (κ3) is 3.66. The normalized spacial score (nSPS) is 14.2. The Morgan fingerprint density at radius 2 is 2.00 bits per heavy atom. The lowest BCUT2D eigenvalue weighted by molar-refractivity contribution is 0.226. The van der Waals surface area contributed by atoms with Gasteiger partial charge in [0, 0.05) is 25.3 Å². The summed E-state index contributed by atoms with van der Waals surface area (Å²) in [6.07, 6.45) is 1.52. The van der Waals surface area contributed by atoms with Crippen molar-refractivity contribution in [3.8, 4) is 0 Å². The van der Waals surface area contributed by atoms with Gasteiger partial charge in [0.2, 0.25) is 0 Å². The van der Waals surface area contributed by atoms with Gasteiger partial charge in [-0.25, -0.2) is 9.97 Å². The van der Waals surface area contributed by atoms with Crippen molar-refractivity contribution in [2.24, 2.45) is 5.92 Å². The van der Waals surface area contributed by atoms with Crippen molar-refractivity contribution in [3.05, 3.63) is 12.4 Å². The maximum absolute atomic E-state index is 9.04. The molecule has 0 radical (unpaired) electrons. The van der Waals surface area contributed by atoms with E-state index in [1.165, 1.54) is 6.33 Å². The number of rotatable bonds is 6. The van der Waals surface area contributed by atoms with Crippen LogP contribution in [0.3, 0.4) is 0 Å². The summed E-state index contributed by atoms with van der Waals surface area (Å²) < 4.78 is 0. The molecule has 0 aliphatic heterocycles. The van der Waals surface area contributed by atoms with Gasteiger partial charge in [-0.3, -0.25) is 0 Å². The minimum absolute atomic E-state index is 0.166. The number of hydrogen-bond acceptors (Lipinski definition) is 5. The molecule has 0 spiro atoms. The summed E-state index contributed by atoms with van der Waals surface area (Å²) in [6.45, 7) is 7.03. The van der Waals surface area contributed by atoms with Crippen LogP contribution in [-0.2, 0) is 0 Å². The Hall–Kier alpha value is -1.36. The molecule has 1 aromatic heterocycles. The Bertz CT molecular complexity index is 319. The monoisotopic (exact) mass is 224 g/mol. The first kappa shape index (κ1) is 12.7. The number of aliphatic hydroxyl groups excluding tert-OH is 1. The van der Waals surface area contributed by atoms with Gasteiger partial charge in [0.05, 0.1) is 0 Å². The van der Waals surface area contributed by atoms with E-state index in [9.17, 15) is 0 Å². The lowest BCUT2D eigenvalue weighted by atomic mass is 10.1. The van der Waals surface area contributed by atoms with Crippen LogP contribution in [0.25, 0.3) is 0 Å². The van der Waals surface area contributed by atoms with Crippen LogP contribution < -0.4 is 10.6 Å². The second-order valence-electron chi connectivity index (χ2n) is 3.91. The van der Waals surface area contributed by atoms with Gasteiger partial charge < -0.3 is 15.7 Å². The Kier molecular flexibility index (Phi) is 4.98. The fraction of sp³-hybridized carbons (Fsp3) is 0.636. The van der Waals surface area contributed by atoms with Crippen molar-refractivity contribution in [3.63, 3.8) is 0 Å². The van der Waals surface area contributed by atoms with E-state index in [1.54, 1.807) is 0 Å². The Balaban J connectivity index is 2.62. The van der Waals surface area contributed by atoms with Gasteiger partial charge in [-0.05, 0) is 19.8 Å². The molecule has 2 unspecified atom stereocenters. The number of nitrogens with zero attached hydrogens (tertiary/aromatic N) is 2. The van der Waals surface area contributed by atoms with E-state index in [2.05, 4.69) is 20.6 Å². The Morgan fingerprint density at radius 1 is 1.31 bits per heavy atom. The summed E-state index contributed by atoms with van der Waals surface area (Å²) >= 11 is 0. The van der Waals surface area contributed by atoms with Crippen LogP contribution in [0, 0.1) is 5.92 Å². The van der Waals surface area contributed by atoms with Crippen molar-refractivity contribution in [1.29, 1.82) is 0 Å². The lowest BCUT2D eigenvalue weighted by Gasteiger charge is -2.19. The quantitative estimate of drug-likeness (QED) is 0.680. The second-order valence-corrected chi connectivity index (χ2v) is 3.91. The molecule has 16 heavy (non-hydrogen) atoms. The van der Waals surface area contributed by atoms with E-state index < -0.39 is 0 Å². The molecule has 3 N–H and O–H groups in total. The minimum atomic E-state index is 0.166. The zero-order chi connectivity index (χ0) is 12.0. The maximum atomic E-state index is 9.04. The number of aliphatic hydroxyl groups is 1. The molecular formula is C11H20N4O. The zero-order valence-corrected chi connectivity index (χ0v) is 10.1. The van der Waals surface area contributed by atoms with E-state index in [0.717, 1.165) is 18.2 Å². The largest absolute Gasteiger partial charge is 0.396 e. The summed E-state index contributed by atoms with van der Waals surface area (Å²) in [5.41, 5.74) is 0. The van der Waals surface area contributed by atoms with Crippen LogP contribution in [-0.4, -0.2) is 34.3 Å². The molecule has 0 saturated heterocycles. The first-order valence-electron chi connectivity index (χ1n) is 5.60. The molecule has 2 atom stereocenters. The summed E-state index contributed by atoms with van der Waals surface area (Å²) in [6, 6.07) is 2.04. The number of aromatic nitrogens is 2. The molecule has 0 bridgehead atoms. The van der Waals surface area contributed by atoms with E-state index >= 15 is 0 Å². The molecule has 5 heteroatoms. The molecule has 0 aliphatic carbocycles. The predicted molar refractivity (Wildman–Crippen MR) is 65.5 cm³/mol. The molecule has 0 amide bonds. The summed E-state index contributed by atoms with van der Waals surface area (Å²) in [7, 11) is 0. The second kappa shape index (κ2) is 6.27. The predicted octanol–water partition coefficient (Wildman–Crippen LogP) is 1.34. The van der Waals surface area contributed by atoms with Gasteiger partial charge in [0.25, 0.3) is 0 Å². The van der Waals surface area contributed by atoms with Crippen molar-refractivity contribution in [2.45, 2.75) is 26.8 Å². The van der Waals surface area contributed by atoms with E-state index in [0.29, 0.717) is 0 Å². The van der Waals surface area contributed by atoms with Crippen molar-refractivity contribution < 1.29 is 5.11 Å². The van der Waals surface area contributed by atoms with Gasteiger partial charge >= 0.3 is 0 Å². The molecule has 1 heterocycles. The van der Waals surface area contributed by atoms with Gasteiger partial charge in [0.1, 0.15) is 18.0 Å². The highest BCUT2D eigenvalue weighted by Gasteiger charge is 2.11. The molecule has 0 fully saturated rings. The fourth-order valence-corrected chi connectivity index (χ4v) is 1.25. The topological polar surface area (TPSA) is 70.1 Å². The summed E-state index contributed by atoms with van der Waals surface area (Å²) in [5, 5.41) is 15.4. The standard InChI is InChI=1S/C11H20N4O/c1-4-12-10-5-11(14-7-13-10)15-9(3)8(2)6-16/h5,7-9,16H,4,6H2,1-3H3,(H2,12,13,14,15). The third-order valence-electron chi connectivity index (χ3n) is 2.54. The van der Waals surface area contributed by atoms with Crippen molar-refractivity contribution in [2.75, 3.05) is 23.8 Å². The summed E-state index contributed by atoms with van der Waals surface area (Å²) in [4.78, 5) is 8.22.